The molecule has 1 atom stereocenters. The van der Waals surface area contributed by atoms with Crippen LogP contribution in [0.3, 0.4) is 0 Å². The van der Waals surface area contributed by atoms with E-state index in [0.29, 0.717) is 31.7 Å². The summed E-state index contributed by atoms with van der Waals surface area (Å²) in [5, 5.41) is 5.67. The van der Waals surface area contributed by atoms with Gasteiger partial charge in [-0.25, -0.2) is 4.79 Å². The summed E-state index contributed by atoms with van der Waals surface area (Å²) in [5.74, 6) is -0.180. The Hall–Kier alpha value is -2.57. The molecule has 0 aliphatic carbocycles. The quantitative estimate of drug-likeness (QED) is 0.869. The molecule has 2 aliphatic heterocycles. The minimum atomic E-state index is -0.508. The van der Waals surface area contributed by atoms with Crippen LogP contribution >= 0.6 is 0 Å². The highest BCUT2D eigenvalue weighted by atomic mass is 16.2. The molecule has 0 saturated carbocycles. The van der Waals surface area contributed by atoms with Crippen molar-refractivity contribution in [1.29, 1.82) is 0 Å². The van der Waals surface area contributed by atoms with Crippen LogP contribution in [-0.2, 0) is 9.59 Å². The lowest BCUT2D eigenvalue weighted by atomic mass is 9.94. The van der Waals surface area contributed by atoms with Crippen LogP contribution in [-0.4, -0.2) is 48.4 Å². The lowest BCUT2D eigenvalue weighted by molar-refractivity contribution is -0.143. The second kappa shape index (κ2) is 6.97. The molecule has 0 aromatic heterocycles. The molecule has 1 aromatic rings. The average Bonchev–Trinajstić information content (AvgIpc) is 3.22. The largest absolute Gasteiger partial charge is 0.336 e. The van der Waals surface area contributed by atoms with Crippen molar-refractivity contribution in [1.82, 2.24) is 10.2 Å². The van der Waals surface area contributed by atoms with Gasteiger partial charge >= 0.3 is 6.03 Å². The van der Waals surface area contributed by atoms with Gasteiger partial charge < -0.3 is 15.5 Å². The summed E-state index contributed by atoms with van der Waals surface area (Å²) in [6.45, 7) is 7.43. The van der Waals surface area contributed by atoms with Gasteiger partial charge in [0.1, 0.15) is 6.04 Å². The first kappa shape index (κ1) is 18.2. The third kappa shape index (κ3) is 3.66. The van der Waals surface area contributed by atoms with Gasteiger partial charge in [0.2, 0.25) is 11.8 Å². The zero-order chi connectivity index (χ0) is 18.9. The van der Waals surface area contributed by atoms with E-state index in [2.05, 4.69) is 10.6 Å². The molecule has 2 heterocycles. The van der Waals surface area contributed by atoms with Crippen molar-refractivity contribution in [2.24, 2.45) is 5.41 Å². The highest BCUT2D eigenvalue weighted by Gasteiger charge is 2.38. The van der Waals surface area contributed by atoms with Crippen LogP contribution in [0.4, 0.5) is 16.2 Å². The molecule has 0 radical (unpaired) electrons. The molecule has 3 rings (SSSR count). The Balaban J connectivity index is 1.71. The maximum absolute atomic E-state index is 12.8. The summed E-state index contributed by atoms with van der Waals surface area (Å²) in [7, 11) is 0. The number of benzene rings is 1. The van der Waals surface area contributed by atoms with Gasteiger partial charge in [-0.15, -0.1) is 0 Å². The van der Waals surface area contributed by atoms with Crippen LogP contribution in [0.5, 0.6) is 0 Å². The van der Waals surface area contributed by atoms with Gasteiger partial charge in [-0.1, -0.05) is 26.8 Å². The van der Waals surface area contributed by atoms with Gasteiger partial charge in [0.05, 0.1) is 0 Å². The SMILES string of the molecule is CC(C)(C)C(=O)N1CCCC1C(=O)Nc1cccc(N2CCNC2=O)c1. The molecule has 2 fully saturated rings. The maximum atomic E-state index is 12.8. The molecular formula is C19H26N4O3. The minimum Gasteiger partial charge on any atom is -0.336 e. The third-order valence-electron chi connectivity index (χ3n) is 4.74. The first-order valence-electron chi connectivity index (χ1n) is 9.05. The molecule has 2 saturated heterocycles. The summed E-state index contributed by atoms with van der Waals surface area (Å²) in [6.07, 6.45) is 1.50. The first-order valence-corrected chi connectivity index (χ1v) is 9.05. The topological polar surface area (TPSA) is 81.8 Å². The number of anilines is 2. The predicted molar refractivity (Wildman–Crippen MR) is 100 cm³/mol. The molecule has 7 heteroatoms. The minimum absolute atomic E-state index is 0.00219. The van der Waals surface area contributed by atoms with Crippen LogP contribution in [0.2, 0.25) is 0 Å². The predicted octanol–water partition coefficient (Wildman–Crippen LogP) is 2.19. The number of nitrogens with zero attached hydrogens (tertiary/aromatic N) is 2. The molecule has 26 heavy (non-hydrogen) atoms. The monoisotopic (exact) mass is 358 g/mol. The second-order valence-corrected chi connectivity index (χ2v) is 7.83. The second-order valence-electron chi connectivity index (χ2n) is 7.83. The van der Waals surface area contributed by atoms with Crippen molar-refractivity contribution in [3.8, 4) is 0 Å². The number of nitrogens with one attached hydrogen (secondary N) is 2. The number of amides is 4. The van der Waals surface area contributed by atoms with Gasteiger partial charge in [-0.2, -0.15) is 0 Å². The summed E-state index contributed by atoms with van der Waals surface area (Å²) in [4.78, 5) is 40.5. The number of carbonyl (C=O) groups is 3. The Morgan fingerprint density at radius 2 is 2.00 bits per heavy atom. The Labute approximate surface area is 153 Å². The van der Waals surface area contributed by atoms with E-state index in [9.17, 15) is 14.4 Å². The number of urea groups is 1. The fourth-order valence-electron chi connectivity index (χ4n) is 3.41. The molecule has 140 valence electrons. The maximum Gasteiger partial charge on any atom is 0.321 e. The summed E-state index contributed by atoms with van der Waals surface area (Å²) in [6, 6.07) is 6.65. The van der Waals surface area contributed by atoms with Gasteiger partial charge in [-0.3, -0.25) is 14.5 Å². The number of hydrogen-bond acceptors (Lipinski definition) is 3. The zero-order valence-corrected chi connectivity index (χ0v) is 15.5. The smallest absolute Gasteiger partial charge is 0.321 e. The van der Waals surface area contributed by atoms with Gasteiger partial charge in [-0.05, 0) is 31.0 Å². The van der Waals surface area contributed by atoms with E-state index in [1.54, 1.807) is 21.9 Å². The number of rotatable bonds is 3. The first-order chi connectivity index (χ1) is 12.3. The van der Waals surface area contributed by atoms with Crippen molar-refractivity contribution in [2.45, 2.75) is 39.7 Å². The zero-order valence-electron chi connectivity index (χ0n) is 15.5. The Morgan fingerprint density at radius 3 is 2.65 bits per heavy atom. The normalized spacial score (nSPS) is 20.3. The summed E-state index contributed by atoms with van der Waals surface area (Å²) in [5.41, 5.74) is 0.862. The van der Waals surface area contributed by atoms with Crippen LogP contribution in [0.15, 0.2) is 24.3 Å². The number of hydrogen-bond donors (Lipinski definition) is 2. The van der Waals surface area contributed by atoms with E-state index >= 15 is 0 Å². The van der Waals surface area contributed by atoms with Crippen molar-refractivity contribution in [2.75, 3.05) is 29.9 Å². The van der Waals surface area contributed by atoms with Crippen molar-refractivity contribution < 1.29 is 14.4 Å². The average molecular weight is 358 g/mol. The lowest BCUT2D eigenvalue weighted by Crippen LogP contribution is -2.47. The van der Waals surface area contributed by atoms with E-state index in [-0.39, 0.29) is 17.8 Å². The molecule has 0 spiro atoms. The standard InChI is InChI=1S/C19H26N4O3/c1-19(2,3)17(25)23-10-5-8-15(23)16(24)21-13-6-4-7-14(12-13)22-11-9-20-18(22)26/h4,6-7,12,15H,5,8-11H2,1-3H3,(H,20,26)(H,21,24). The van der Waals surface area contributed by atoms with E-state index in [1.165, 1.54) is 0 Å². The highest BCUT2D eigenvalue weighted by Crippen LogP contribution is 2.27. The molecule has 1 unspecified atom stereocenters. The fourth-order valence-corrected chi connectivity index (χ4v) is 3.41. The Bertz CT molecular complexity index is 726. The van der Waals surface area contributed by atoms with E-state index in [0.717, 1.165) is 12.1 Å². The molecule has 7 nitrogen and oxygen atoms in total. The van der Waals surface area contributed by atoms with E-state index < -0.39 is 11.5 Å². The fraction of sp³-hybridized carbons (Fsp3) is 0.526. The molecule has 2 aliphatic rings. The van der Waals surface area contributed by atoms with Crippen molar-refractivity contribution in [3.05, 3.63) is 24.3 Å². The van der Waals surface area contributed by atoms with Gasteiger partial charge in [0, 0.05) is 36.4 Å². The van der Waals surface area contributed by atoms with Crippen LogP contribution in [0.1, 0.15) is 33.6 Å². The van der Waals surface area contributed by atoms with Gasteiger partial charge in [0.15, 0.2) is 0 Å². The molecule has 1 aromatic carbocycles. The Morgan fingerprint density at radius 1 is 1.23 bits per heavy atom. The summed E-state index contributed by atoms with van der Waals surface area (Å²) >= 11 is 0. The molecule has 2 N–H and O–H groups in total. The summed E-state index contributed by atoms with van der Waals surface area (Å²) < 4.78 is 0. The van der Waals surface area contributed by atoms with Crippen LogP contribution < -0.4 is 15.5 Å². The number of carbonyl (C=O) groups excluding carboxylic acids is 3. The number of likely N-dealkylation sites (tertiary alicyclic amines) is 1. The Kier molecular flexibility index (Phi) is 4.89. The van der Waals surface area contributed by atoms with E-state index in [1.807, 2.05) is 32.9 Å². The molecule has 0 bridgehead atoms. The van der Waals surface area contributed by atoms with Gasteiger partial charge in [0.25, 0.3) is 0 Å². The lowest BCUT2D eigenvalue weighted by Gasteiger charge is -2.30. The van der Waals surface area contributed by atoms with Crippen molar-refractivity contribution in [3.63, 3.8) is 0 Å². The van der Waals surface area contributed by atoms with E-state index in [4.69, 9.17) is 0 Å². The van der Waals surface area contributed by atoms with Crippen LogP contribution in [0, 0.1) is 5.41 Å². The highest BCUT2D eigenvalue weighted by molar-refractivity contribution is 5.99. The van der Waals surface area contributed by atoms with Crippen molar-refractivity contribution >= 4 is 29.2 Å². The molecule has 4 amide bonds. The third-order valence-corrected chi connectivity index (χ3v) is 4.74. The van der Waals surface area contributed by atoms with Crippen LogP contribution in [0.25, 0.3) is 0 Å². The molecular weight excluding hydrogens is 332 g/mol.